The molecular formula is C31H35BrN6O4. The summed E-state index contributed by atoms with van der Waals surface area (Å²) in [4.78, 5) is 22.2. The first kappa shape index (κ1) is 31.1. The van der Waals surface area contributed by atoms with Crippen LogP contribution in [0.25, 0.3) is 10.4 Å². The van der Waals surface area contributed by atoms with Crippen LogP contribution in [0.2, 0.25) is 0 Å². The van der Waals surface area contributed by atoms with Gasteiger partial charge >= 0.3 is 0 Å². The first-order chi connectivity index (χ1) is 20.4. The van der Waals surface area contributed by atoms with Gasteiger partial charge in [-0.2, -0.15) is 0 Å². The molecule has 1 amide bonds. The molecule has 2 atom stereocenters. The molecule has 4 rings (SSSR count). The number of azide groups is 1. The molecule has 1 aliphatic rings. The van der Waals surface area contributed by atoms with Crippen LogP contribution in [0.1, 0.15) is 48.6 Å². The summed E-state index contributed by atoms with van der Waals surface area (Å²) in [7, 11) is 0. The third-order valence-electron chi connectivity index (χ3n) is 6.81. The second kappa shape index (κ2) is 14.8. The molecule has 0 fully saturated rings. The maximum absolute atomic E-state index is 14.3. The van der Waals surface area contributed by atoms with Gasteiger partial charge < -0.3 is 14.6 Å². The monoisotopic (exact) mass is 634 g/mol. The first-order valence-electron chi connectivity index (χ1n) is 13.8. The van der Waals surface area contributed by atoms with Crippen LogP contribution in [0.4, 0.5) is 0 Å². The van der Waals surface area contributed by atoms with Gasteiger partial charge in [0.05, 0.1) is 13.2 Å². The van der Waals surface area contributed by atoms with Crippen molar-refractivity contribution in [3.05, 3.63) is 110 Å². The van der Waals surface area contributed by atoms with E-state index in [1.165, 1.54) is 0 Å². The molecule has 0 aliphatic carbocycles. The Morgan fingerprint density at radius 3 is 2.55 bits per heavy atom. The molecule has 1 heterocycles. The third kappa shape index (κ3) is 7.49. The zero-order valence-corrected chi connectivity index (χ0v) is 25.3. The number of carbonyl (C=O) groups is 1. The largest absolute Gasteiger partial charge is 0.494 e. The van der Waals surface area contributed by atoms with Crippen LogP contribution in [0.5, 0.6) is 5.75 Å². The fourth-order valence-electron chi connectivity index (χ4n) is 4.67. The lowest BCUT2D eigenvalue weighted by Gasteiger charge is -2.32. The minimum Gasteiger partial charge on any atom is -0.494 e. The van der Waals surface area contributed by atoms with Crippen LogP contribution in [-0.4, -0.2) is 42.2 Å². The molecule has 11 heteroatoms. The van der Waals surface area contributed by atoms with E-state index in [0.29, 0.717) is 42.7 Å². The highest BCUT2D eigenvalue weighted by atomic mass is 79.9. The molecular weight excluding hydrogens is 600 g/mol. The van der Waals surface area contributed by atoms with Crippen LogP contribution in [0.3, 0.4) is 0 Å². The number of benzene rings is 3. The highest BCUT2D eigenvalue weighted by Crippen LogP contribution is 2.45. The maximum atomic E-state index is 14.3. The summed E-state index contributed by atoms with van der Waals surface area (Å²) in [6.07, 6.45) is -0.0524. The summed E-state index contributed by atoms with van der Waals surface area (Å²) in [5.41, 5.74) is 16.6. The first-order valence-corrected chi connectivity index (χ1v) is 14.6. The molecule has 220 valence electrons. The Hall–Kier alpha value is -3.89. The lowest BCUT2D eigenvalue weighted by atomic mass is 9.81. The summed E-state index contributed by atoms with van der Waals surface area (Å²) in [6.45, 7) is 5.28. The van der Waals surface area contributed by atoms with E-state index < -0.39 is 11.6 Å². The van der Waals surface area contributed by atoms with Gasteiger partial charge in [-0.05, 0) is 52.9 Å². The van der Waals surface area contributed by atoms with E-state index >= 15 is 0 Å². The van der Waals surface area contributed by atoms with Gasteiger partial charge in [-0.3, -0.25) is 10.2 Å². The van der Waals surface area contributed by atoms with Crippen molar-refractivity contribution in [2.75, 3.05) is 19.8 Å². The number of hydrazine groups is 1. The van der Waals surface area contributed by atoms with Crippen molar-refractivity contribution in [3.8, 4) is 5.75 Å². The highest BCUT2D eigenvalue weighted by Gasteiger charge is 2.54. The summed E-state index contributed by atoms with van der Waals surface area (Å²) in [5.74, 6) is 0.939. The number of nitrogens with one attached hydrogen (secondary N) is 2. The number of hydrogen-bond donors (Lipinski definition) is 3. The molecule has 0 unspecified atom stereocenters. The topological polar surface area (TPSA) is 141 Å². The number of carbonyl (C=O) groups excluding carboxylic acids is 1. The minimum absolute atomic E-state index is 0.0569. The van der Waals surface area contributed by atoms with E-state index in [9.17, 15) is 4.79 Å². The van der Waals surface area contributed by atoms with Crippen LogP contribution in [0.15, 0.2) is 87.4 Å². The van der Waals surface area contributed by atoms with Crippen LogP contribution >= 0.6 is 15.9 Å². The quantitative estimate of drug-likeness (QED) is 0.0676. The molecule has 3 N–H and O–H groups in total. The van der Waals surface area contributed by atoms with E-state index in [1.54, 1.807) is 0 Å². The number of hydrogen-bond acceptors (Lipinski definition) is 7. The molecule has 1 aliphatic heterocycles. The van der Waals surface area contributed by atoms with Crippen molar-refractivity contribution in [1.82, 2.24) is 10.9 Å². The zero-order chi connectivity index (χ0) is 30.0. The molecule has 0 aromatic heterocycles. The van der Waals surface area contributed by atoms with Crippen LogP contribution in [0, 0.1) is 5.92 Å². The van der Waals surface area contributed by atoms with Gasteiger partial charge in [0.2, 0.25) is 5.90 Å². The lowest BCUT2D eigenvalue weighted by molar-refractivity contribution is -0.130. The summed E-state index contributed by atoms with van der Waals surface area (Å²) < 4.78 is 13.1. The number of nitrogens with zero attached hydrogens (tertiary/aromatic N) is 4. The minimum atomic E-state index is -1.41. The smallest absolute Gasteiger partial charge is 0.266 e. The molecule has 3 aromatic carbocycles. The third-order valence-corrected chi connectivity index (χ3v) is 7.53. The number of aliphatic imine (C=N–C) groups is 1. The number of ether oxygens (including phenoxy) is 2. The molecule has 10 nitrogen and oxygen atoms in total. The molecule has 0 saturated heterocycles. The SMILES string of the molecule is CC(C)CNNC(=O)[C@@]1(Cc2ccccc2CN=[N+]=[N-])N=C(c2ccc(OCCCO)cc2)O[C@H]1c1ccccc1Br. The predicted molar refractivity (Wildman–Crippen MR) is 165 cm³/mol. The fraction of sp³-hybridized carbons (Fsp3) is 0.355. The molecule has 3 aromatic rings. The Morgan fingerprint density at radius 1 is 1.14 bits per heavy atom. The van der Waals surface area contributed by atoms with Crippen molar-refractivity contribution in [2.24, 2.45) is 16.0 Å². The number of aliphatic hydroxyl groups is 1. The van der Waals surface area contributed by atoms with E-state index in [4.69, 9.17) is 25.1 Å². The summed E-state index contributed by atoms with van der Waals surface area (Å²) in [5, 5.41) is 12.8. The summed E-state index contributed by atoms with van der Waals surface area (Å²) >= 11 is 3.66. The number of amides is 1. The molecule has 0 radical (unpaired) electrons. The van der Waals surface area contributed by atoms with Gasteiger partial charge in [0.15, 0.2) is 11.6 Å². The van der Waals surface area contributed by atoms with Gasteiger partial charge in [0.25, 0.3) is 5.91 Å². The average molecular weight is 636 g/mol. The molecule has 0 saturated carbocycles. The van der Waals surface area contributed by atoms with Gasteiger partial charge in [-0.25, -0.2) is 10.4 Å². The van der Waals surface area contributed by atoms with Crippen LogP contribution in [-0.2, 0) is 22.5 Å². The Labute approximate surface area is 253 Å². The van der Waals surface area contributed by atoms with Crippen molar-refractivity contribution in [1.29, 1.82) is 0 Å². The second-order valence-electron chi connectivity index (χ2n) is 10.4. The van der Waals surface area contributed by atoms with Crippen LogP contribution < -0.4 is 15.6 Å². The maximum Gasteiger partial charge on any atom is 0.266 e. The summed E-state index contributed by atoms with van der Waals surface area (Å²) in [6, 6.07) is 22.5. The van der Waals surface area contributed by atoms with Crippen molar-refractivity contribution < 1.29 is 19.4 Å². The van der Waals surface area contributed by atoms with Crippen molar-refractivity contribution in [3.63, 3.8) is 0 Å². The van der Waals surface area contributed by atoms with Gasteiger partial charge in [0, 0.05) is 46.5 Å². The fourth-order valence-corrected chi connectivity index (χ4v) is 5.17. The Kier molecular flexibility index (Phi) is 11.0. The Bertz CT molecular complexity index is 1440. The average Bonchev–Trinajstić information content (AvgIpc) is 3.37. The Balaban J connectivity index is 1.81. The highest BCUT2D eigenvalue weighted by molar-refractivity contribution is 9.10. The standard InChI is InChI=1S/C31H35BrN6O4/c1-21(2)19-34-37-30(40)31(18-23-8-3-4-9-24(23)20-35-38-33)28(26-10-5-6-11-27(26)32)42-29(36-31)22-12-14-25(15-13-22)41-17-7-16-39/h3-6,8-15,21,28,34,39H,7,16-20H2,1-2H3,(H,37,40)/t28-,31-/m0/s1. The molecule has 0 spiro atoms. The van der Waals surface area contributed by atoms with E-state index in [0.717, 1.165) is 21.2 Å². The lowest BCUT2D eigenvalue weighted by Crippen LogP contribution is -2.54. The van der Waals surface area contributed by atoms with Crippen molar-refractivity contribution in [2.45, 2.75) is 44.9 Å². The van der Waals surface area contributed by atoms with Gasteiger partial charge in [-0.15, -0.1) is 0 Å². The Morgan fingerprint density at radius 2 is 1.86 bits per heavy atom. The number of rotatable bonds is 14. The zero-order valence-electron chi connectivity index (χ0n) is 23.7. The number of aliphatic hydroxyl groups excluding tert-OH is 1. The van der Waals surface area contributed by atoms with Crippen molar-refractivity contribution >= 4 is 27.7 Å². The van der Waals surface area contributed by atoms with Gasteiger partial charge in [-0.1, -0.05) is 77.4 Å². The molecule has 42 heavy (non-hydrogen) atoms. The number of halogens is 1. The van der Waals surface area contributed by atoms with E-state index in [1.807, 2.05) is 72.8 Å². The second-order valence-corrected chi connectivity index (χ2v) is 11.2. The van der Waals surface area contributed by atoms with Gasteiger partial charge in [0.1, 0.15) is 5.75 Å². The van der Waals surface area contributed by atoms with E-state index in [-0.39, 0.29) is 25.5 Å². The normalized spacial score (nSPS) is 17.7. The van der Waals surface area contributed by atoms with E-state index in [2.05, 4.69) is 50.7 Å². The predicted octanol–water partition coefficient (Wildman–Crippen LogP) is 5.80. The molecule has 0 bridgehead atoms.